The fourth-order valence-electron chi connectivity index (χ4n) is 3.19. The van der Waals surface area contributed by atoms with Gasteiger partial charge in [-0.05, 0) is 30.9 Å². The van der Waals surface area contributed by atoms with Gasteiger partial charge in [0.1, 0.15) is 11.8 Å². The first-order valence-corrected chi connectivity index (χ1v) is 8.04. The monoisotopic (exact) mass is 302 g/mol. The summed E-state index contributed by atoms with van der Waals surface area (Å²) in [6.07, 6.45) is 1.58. The molecule has 0 saturated carbocycles. The highest BCUT2D eigenvalue weighted by molar-refractivity contribution is 5.75. The van der Waals surface area contributed by atoms with Gasteiger partial charge < -0.3 is 14.8 Å². The first-order valence-electron chi connectivity index (χ1n) is 8.04. The Morgan fingerprint density at radius 2 is 2.27 bits per heavy atom. The van der Waals surface area contributed by atoms with E-state index in [1.165, 1.54) is 5.56 Å². The van der Waals surface area contributed by atoms with Crippen LogP contribution in [0.2, 0.25) is 0 Å². The molecule has 2 heterocycles. The van der Waals surface area contributed by atoms with Gasteiger partial charge in [0.2, 0.25) is 5.91 Å². The summed E-state index contributed by atoms with van der Waals surface area (Å²) in [5.74, 6) is 0.701. The van der Waals surface area contributed by atoms with Crippen LogP contribution in [0, 0.1) is 24.2 Å². The molecule has 0 radical (unpaired) electrons. The molecule has 1 amide bonds. The predicted molar refractivity (Wildman–Crippen MR) is 86.1 cm³/mol. The number of amides is 1. The van der Waals surface area contributed by atoms with Gasteiger partial charge in [-0.3, -0.25) is 4.79 Å². The lowest BCUT2D eigenvalue weighted by Gasteiger charge is -2.37. The van der Waals surface area contributed by atoms with Crippen LogP contribution in [0.1, 0.15) is 43.6 Å². The number of rotatable bonds is 4. The highest BCUT2D eigenvalue weighted by Crippen LogP contribution is 2.19. The molecular formula is C17H26N4O. The highest BCUT2D eigenvalue weighted by atomic mass is 16.2. The number of hydrogen-bond donors (Lipinski definition) is 1. The predicted octanol–water partition coefficient (Wildman–Crippen LogP) is 1.94. The van der Waals surface area contributed by atoms with Crippen molar-refractivity contribution in [3.63, 3.8) is 0 Å². The van der Waals surface area contributed by atoms with Gasteiger partial charge in [0.15, 0.2) is 0 Å². The standard InChI is InChI=1S/C17H26N4O/c1-5-17(22)21-7-6-16(12(2)11-21)19-10-14-8-15(9-18)20(4)13(14)3/h8,12,16,19H,5-7,10-11H2,1-4H3/t12-,16-/m0/s1. The molecule has 1 aliphatic rings. The molecular weight excluding hydrogens is 276 g/mol. The third-order valence-electron chi connectivity index (χ3n) is 4.87. The molecule has 22 heavy (non-hydrogen) atoms. The summed E-state index contributed by atoms with van der Waals surface area (Å²) in [6, 6.07) is 4.60. The molecule has 1 saturated heterocycles. The smallest absolute Gasteiger partial charge is 0.222 e. The van der Waals surface area contributed by atoms with E-state index in [1.54, 1.807) is 0 Å². The molecule has 0 bridgehead atoms. The van der Waals surface area contributed by atoms with E-state index < -0.39 is 0 Å². The zero-order valence-corrected chi connectivity index (χ0v) is 14.0. The number of nitrogens with one attached hydrogen (secondary N) is 1. The minimum Gasteiger partial charge on any atom is -0.342 e. The zero-order valence-electron chi connectivity index (χ0n) is 14.0. The fraction of sp³-hybridized carbons (Fsp3) is 0.647. The van der Waals surface area contributed by atoms with Gasteiger partial charge in [0, 0.05) is 44.8 Å². The van der Waals surface area contributed by atoms with E-state index >= 15 is 0 Å². The number of carbonyl (C=O) groups is 1. The number of aromatic nitrogens is 1. The number of nitrogens with zero attached hydrogens (tertiary/aromatic N) is 3. The Kier molecular flexibility index (Phi) is 5.25. The maximum absolute atomic E-state index is 11.8. The van der Waals surface area contributed by atoms with E-state index in [9.17, 15) is 4.79 Å². The molecule has 1 N–H and O–H groups in total. The van der Waals surface area contributed by atoms with Crippen molar-refractivity contribution < 1.29 is 4.79 Å². The van der Waals surface area contributed by atoms with Crippen molar-refractivity contribution in [3.05, 3.63) is 23.0 Å². The number of hydrogen-bond acceptors (Lipinski definition) is 3. The van der Waals surface area contributed by atoms with Gasteiger partial charge >= 0.3 is 0 Å². The molecule has 0 spiro atoms. The third-order valence-corrected chi connectivity index (χ3v) is 4.87. The molecule has 120 valence electrons. The van der Waals surface area contributed by atoms with Crippen LogP contribution < -0.4 is 5.32 Å². The average molecular weight is 302 g/mol. The molecule has 1 aromatic heterocycles. The summed E-state index contributed by atoms with van der Waals surface area (Å²) in [5, 5.41) is 12.7. The lowest BCUT2D eigenvalue weighted by molar-refractivity contribution is -0.132. The van der Waals surface area contributed by atoms with Gasteiger partial charge in [-0.15, -0.1) is 0 Å². The van der Waals surface area contributed by atoms with Crippen LogP contribution in [-0.4, -0.2) is 34.5 Å². The van der Waals surface area contributed by atoms with E-state index in [2.05, 4.69) is 18.3 Å². The Labute approximate surface area is 132 Å². The first kappa shape index (κ1) is 16.6. The molecule has 5 nitrogen and oxygen atoms in total. The number of carbonyl (C=O) groups excluding carboxylic acids is 1. The Bertz CT molecular complexity index is 584. The van der Waals surface area contributed by atoms with E-state index in [-0.39, 0.29) is 5.91 Å². The molecule has 1 fully saturated rings. The summed E-state index contributed by atoms with van der Waals surface area (Å²) in [4.78, 5) is 13.8. The van der Waals surface area contributed by atoms with Crippen molar-refractivity contribution in [2.24, 2.45) is 13.0 Å². The van der Waals surface area contributed by atoms with Gasteiger partial charge in [-0.25, -0.2) is 0 Å². The van der Waals surface area contributed by atoms with Crippen molar-refractivity contribution in [2.75, 3.05) is 13.1 Å². The molecule has 0 aliphatic carbocycles. The van der Waals surface area contributed by atoms with E-state index in [1.807, 2.05) is 36.4 Å². The van der Waals surface area contributed by atoms with Crippen molar-refractivity contribution in [3.8, 4) is 6.07 Å². The Morgan fingerprint density at radius 3 is 2.82 bits per heavy atom. The minimum absolute atomic E-state index is 0.253. The number of nitriles is 1. The van der Waals surface area contributed by atoms with E-state index in [4.69, 9.17) is 5.26 Å². The largest absolute Gasteiger partial charge is 0.342 e. The molecule has 1 aromatic rings. The highest BCUT2D eigenvalue weighted by Gasteiger charge is 2.27. The molecule has 2 rings (SSSR count). The first-order chi connectivity index (χ1) is 10.5. The van der Waals surface area contributed by atoms with Crippen LogP contribution in [-0.2, 0) is 18.4 Å². The van der Waals surface area contributed by atoms with E-state index in [0.29, 0.717) is 24.1 Å². The third kappa shape index (κ3) is 3.33. The van der Waals surface area contributed by atoms with E-state index in [0.717, 1.165) is 31.7 Å². The van der Waals surface area contributed by atoms with Crippen molar-refractivity contribution in [1.82, 2.24) is 14.8 Å². The van der Waals surface area contributed by atoms with Crippen LogP contribution in [0.3, 0.4) is 0 Å². The zero-order chi connectivity index (χ0) is 16.3. The summed E-state index contributed by atoms with van der Waals surface area (Å²) in [6.45, 7) is 8.61. The minimum atomic E-state index is 0.253. The second-order valence-electron chi connectivity index (χ2n) is 6.26. The maximum atomic E-state index is 11.8. The quantitative estimate of drug-likeness (QED) is 0.924. The summed E-state index contributed by atoms with van der Waals surface area (Å²) in [5.41, 5.74) is 3.01. The number of piperidine rings is 1. The van der Waals surface area contributed by atoms with Gasteiger partial charge in [-0.2, -0.15) is 5.26 Å². The lowest BCUT2D eigenvalue weighted by atomic mass is 9.93. The fourth-order valence-corrected chi connectivity index (χ4v) is 3.19. The second kappa shape index (κ2) is 6.97. The molecule has 0 unspecified atom stereocenters. The SMILES string of the molecule is CCC(=O)N1CC[C@H](NCc2cc(C#N)n(C)c2C)[C@@H](C)C1. The van der Waals surface area contributed by atoms with Gasteiger partial charge in [-0.1, -0.05) is 13.8 Å². The van der Waals surface area contributed by atoms with Crippen molar-refractivity contribution in [1.29, 1.82) is 5.26 Å². The van der Waals surface area contributed by atoms with Crippen LogP contribution in [0.5, 0.6) is 0 Å². The van der Waals surface area contributed by atoms with Gasteiger partial charge in [0.25, 0.3) is 0 Å². The molecule has 0 aromatic carbocycles. The van der Waals surface area contributed by atoms with Crippen molar-refractivity contribution in [2.45, 2.75) is 46.2 Å². The topological polar surface area (TPSA) is 61.1 Å². The average Bonchev–Trinajstić information content (AvgIpc) is 2.80. The number of likely N-dealkylation sites (tertiary alicyclic amines) is 1. The normalized spacial score (nSPS) is 21.7. The Hall–Kier alpha value is -1.80. The summed E-state index contributed by atoms with van der Waals surface area (Å²) >= 11 is 0. The van der Waals surface area contributed by atoms with Crippen molar-refractivity contribution >= 4 is 5.91 Å². The van der Waals surface area contributed by atoms with Crippen LogP contribution in [0.25, 0.3) is 0 Å². The molecule has 5 heteroatoms. The molecule has 1 aliphatic heterocycles. The van der Waals surface area contributed by atoms with Gasteiger partial charge in [0.05, 0.1) is 0 Å². The lowest BCUT2D eigenvalue weighted by Crippen LogP contribution is -2.49. The van der Waals surface area contributed by atoms with Crippen LogP contribution in [0.4, 0.5) is 0 Å². The summed E-state index contributed by atoms with van der Waals surface area (Å²) < 4.78 is 1.93. The molecule has 2 atom stereocenters. The maximum Gasteiger partial charge on any atom is 0.222 e. The Morgan fingerprint density at radius 1 is 1.55 bits per heavy atom. The Balaban J connectivity index is 1.93. The van der Waals surface area contributed by atoms with Crippen LogP contribution in [0.15, 0.2) is 6.07 Å². The van der Waals surface area contributed by atoms with Crippen LogP contribution >= 0.6 is 0 Å². The second-order valence-corrected chi connectivity index (χ2v) is 6.26. The summed E-state index contributed by atoms with van der Waals surface area (Å²) in [7, 11) is 1.93.